The van der Waals surface area contributed by atoms with Gasteiger partial charge < -0.3 is 10.5 Å². The number of halogens is 4. The highest BCUT2D eigenvalue weighted by atomic mass is 127. The van der Waals surface area contributed by atoms with Gasteiger partial charge in [0.05, 0.1) is 15.4 Å². The number of amides is 2. The van der Waals surface area contributed by atoms with E-state index in [2.05, 4.69) is 32.2 Å². The third-order valence-corrected chi connectivity index (χ3v) is 6.56. The zero-order valence-corrected chi connectivity index (χ0v) is 18.8. The first-order valence-corrected chi connectivity index (χ1v) is 10.7. The predicted octanol–water partition coefficient (Wildman–Crippen LogP) is 5.09. The van der Waals surface area contributed by atoms with E-state index in [4.69, 9.17) is 5.73 Å². The normalized spacial score (nSPS) is 19.6. The molecule has 166 valence electrons. The van der Waals surface area contributed by atoms with Crippen molar-refractivity contribution in [3.8, 4) is 5.75 Å². The van der Waals surface area contributed by atoms with Gasteiger partial charge in [0.2, 0.25) is 0 Å². The third kappa shape index (κ3) is 5.88. The molecule has 0 aliphatic carbocycles. The third-order valence-electron chi connectivity index (χ3n) is 5.10. The molecule has 3 rings (SSSR count). The van der Waals surface area contributed by atoms with Gasteiger partial charge in [-0.25, -0.2) is 4.79 Å². The minimum absolute atomic E-state index is 0.00467. The number of benzene rings is 2. The number of piperidine rings is 1. The Morgan fingerprint density at radius 1 is 1.16 bits per heavy atom. The molecule has 2 amide bonds. The summed E-state index contributed by atoms with van der Waals surface area (Å²) in [7, 11) is 2.02. The van der Waals surface area contributed by atoms with Crippen LogP contribution in [0.25, 0.3) is 0 Å². The second-order valence-corrected chi connectivity index (χ2v) is 8.70. The van der Waals surface area contributed by atoms with Gasteiger partial charge in [0.25, 0.3) is 0 Å². The average Bonchev–Trinajstić information content (AvgIpc) is 2.70. The molecular weight excluding hydrogens is 526 g/mol. The number of likely N-dealkylation sites (tertiary alicyclic amines) is 1. The summed E-state index contributed by atoms with van der Waals surface area (Å²) < 4.78 is 41.2. The Morgan fingerprint density at radius 2 is 1.84 bits per heavy atom. The van der Waals surface area contributed by atoms with Crippen molar-refractivity contribution >= 4 is 45.8 Å². The van der Waals surface area contributed by atoms with Crippen molar-refractivity contribution in [1.82, 2.24) is 4.90 Å². The van der Waals surface area contributed by atoms with E-state index in [0.29, 0.717) is 11.3 Å². The van der Waals surface area contributed by atoms with E-state index in [1.165, 1.54) is 12.1 Å². The number of hydrogen-bond acceptors (Lipinski definition) is 4. The van der Waals surface area contributed by atoms with Crippen LogP contribution < -0.4 is 15.4 Å². The van der Waals surface area contributed by atoms with E-state index >= 15 is 0 Å². The van der Waals surface area contributed by atoms with Gasteiger partial charge >= 0.3 is 12.4 Å². The minimum atomic E-state index is -4.82. The second kappa shape index (κ2) is 9.43. The Balaban J connectivity index is 1.84. The molecule has 31 heavy (non-hydrogen) atoms. The van der Waals surface area contributed by atoms with Crippen LogP contribution in [-0.2, 0) is 0 Å². The summed E-state index contributed by atoms with van der Waals surface area (Å²) in [6.45, 7) is 0.823. The van der Waals surface area contributed by atoms with Crippen LogP contribution in [0.4, 0.5) is 29.3 Å². The van der Waals surface area contributed by atoms with Crippen molar-refractivity contribution in [1.29, 1.82) is 0 Å². The fraction of sp³-hybridized carbons (Fsp3) is 0.333. The van der Waals surface area contributed by atoms with Crippen LogP contribution in [0, 0.1) is 5.92 Å². The van der Waals surface area contributed by atoms with E-state index in [-0.39, 0.29) is 21.4 Å². The number of alkyl halides is 4. The molecule has 1 aliphatic rings. The van der Waals surface area contributed by atoms with Crippen molar-refractivity contribution in [3.05, 3.63) is 54.1 Å². The molecule has 2 N–H and O–H groups in total. The average molecular weight is 547 g/mol. The van der Waals surface area contributed by atoms with Crippen molar-refractivity contribution < 1.29 is 27.5 Å². The molecule has 0 bridgehead atoms. The predicted molar refractivity (Wildman–Crippen MR) is 119 cm³/mol. The fourth-order valence-corrected chi connectivity index (χ4v) is 4.40. The number of carbonyl (C=O) groups is 2. The Bertz CT molecular complexity index is 953. The van der Waals surface area contributed by atoms with Crippen LogP contribution in [0.15, 0.2) is 48.5 Å². The van der Waals surface area contributed by atoms with Gasteiger partial charge in [-0.15, -0.1) is 13.2 Å². The molecule has 2 unspecified atom stereocenters. The maximum absolute atomic E-state index is 13.0. The number of nitrogens with zero attached hydrogens (tertiary/aromatic N) is 2. The minimum Gasteiger partial charge on any atom is -0.406 e. The number of hydrogen-bond donors (Lipinski definition) is 1. The lowest BCUT2D eigenvalue weighted by atomic mass is 9.89. The Morgan fingerprint density at radius 3 is 2.42 bits per heavy atom. The molecule has 1 fully saturated rings. The highest BCUT2D eigenvalue weighted by Crippen LogP contribution is 2.32. The number of carbonyl (C=O) groups excluding carboxylic acids is 2. The van der Waals surface area contributed by atoms with Crippen molar-refractivity contribution in [2.75, 3.05) is 18.5 Å². The van der Waals surface area contributed by atoms with Crippen molar-refractivity contribution in [2.45, 2.75) is 23.3 Å². The molecule has 1 saturated heterocycles. The molecule has 0 radical (unpaired) electrons. The molecule has 6 nitrogen and oxygen atoms in total. The fourth-order valence-electron chi connectivity index (χ4n) is 3.50. The molecule has 2 aromatic carbocycles. The second-order valence-electron chi connectivity index (χ2n) is 7.27. The van der Waals surface area contributed by atoms with Gasteiger partial charge in [-0.1, -0.05) is 34.7 Å². The highest BCUT2D eigenvalue weighted by Gasteiger charge is 2.31. The highest BCUT2D eigenvalue weighted by molar-refractivity contribution is 14.1. The van der Waals surface area contributed by atoms with Crippen LogP contribution in [-0.4, -0.2) is 40.7 Å². The van der Waals surface area contributed by atoms with Crippen molar-refractivity contribution in [3.63, 3.8) is 0 Å². The van der Waals surface area contributed by atoms with Gasteiger partial charge in [0, 0.05) is 11.5 Å². The van der Waals surface area contributed by atoms with E-state index < -0.39 is 18.1 Å². The molecular formula is C21H21F3IN3O3. The summed E-state index contributed by atoms with van der Waals surface area (Å²) in [4.78, 5) is 28.5. The van der Waals surface area contributed by atoms with E-state index in [1.54, 1.807) is 24.3 Å². The monoisotopic (exact) mass is 547 g/mol. The Labute approximate surface area is 191 Å². The number of ether oxygens (including phenoxy) is 1. The number of urea groups is 1. The molecule has 10 heteroatoms. The quantitative estimate of drug-likeness (QED) is 0.245. The smallest absolute Gasteiger partial charge is 0.406 e. The zero-order valence-electron chi connectivity index (χ0n) is 16.6. The number of Topliss-reactive ketones (excluding diaryl/α,β-unsaturated/α-hetero) is 1. The van der Waals surface area contributed by atoms with Gasteiger partial charge in [-0.05, 0) is 62.8 Å². The van der Waals surface area contributed by atoms with E-state index in [9.17, 15) is 22.8 Å². The number of rotatable bonds is 5. The molecule has 2 atom stereocenters. The SMILES string of the molecule is CN1CCC(C(=O)c2cccc(N(C(N)=O)c3ccc(OC(F)(F)F)cc3)c2)CC1I. The molecule has 0 aromatic heterocycles. The lowest BCUT2D eigenvalue weighted by Gasteiger charge is -2.33. The van der Waals surface area contributed by atoms with Crippen LogP contribution in [0.1, 0.15) is 23.2 Å². The van der Waals surface area contributed by atoms with E-state index in [1.807, 2.05) is 7.05 Å². The van der Waals surface area contributed by atoms with Gasteiger partial charge in [0.1, 0.15) is 5.75 Å². The summed E-state index contributed by atoms with van der Waals surface area (Å²) >= 11 is 2.32. The largest absolute Gasteiger partial charge is 0.573 e. The Kier molecular flexibility index (Phi) is 7.10. The van der Waals surface area contributed by atoms with Gasteiger partial charge in [0.15, 0.2) is 5.78 Å². The lowest BCUT2D eigenvalue weighted by Crippen LogP contribution is -2.38. The molecule has 1 heterocycles. The van der Waals surface area contributed by atoms with Crippen LogP contribution in [0.5, 0.6) is 5.75 Å². The standard InChI is InChI=1S/C21H21F3IN3O3/c1-27-10-9-14(12-18(27)25)19(29)13-3-2-4-16(11-13)28(20(26)30)15-5-7-17(8-6-15)31-21(22,23)24/h2-8,11,14,18H,9-10,12H2,1H3,(H2,26,30). The summed E-state index contributed by atoms with van der Waals surface area (Å²) in [5.41, 5.74) is 6.58. The van der Waals surface area contributed by atoms with Gasteiger partial charge in [-0.2, -0.15) is 0 Å². The molecule has 2 aromatic rings. The van der Waals surface area contributed by atoms with Crippen LogP contribution >= 0.6 is 22.6 Å². The maximum atomic E-state index is 13.0. The number of ketones is 1. The number of primary amides is 1. The van der Waals surface area contributed by atoms with Gasteiger partial charge in [-0.3, -0.25) is 14.6 Å². The first kappa shape index (κ1) is 23.3. The first-order valence-electron chi connectivity index (χ1n) is 9.49. The Hall–Kier alpha value is -2.34. The number of nitrogens with two attached hydrogens (primary N) is 1. The zero-order chi connectivity index (χ0) is 22.8. The topological polar surface area (TPSA) is 75.9 Å². The molecule has 0 saturated carbocycles. The summed E-state index contributed by atoms with van der Waals surface area (Å²) in [5.74, 6) is -0.538. The van der Waals surface area contributed by atoms with Crippen LogP contribution in [0.3, 0.4) is 0 Å². The van der Waals surface area contributed by atoms with E-state index in [0.717, 1.165) is 36.4 Å². The summed E-state index contributed by atoms with van der Waals surface area (Å²) in [6, 6.07) is 10.4. The molecule has 0 spiro atoms. The summed E-state index contributed by atoms with van der Waals surface area (Å²) in [6.07, 6.45) is -3.33. The van der Waals surface area contributed by atoms with Crippen LogP contribution in [0.2, 0.25) is 0 Å². The number of anilines is 2. The maximum Gasteiger partial charge on any atom is 0.573 e. The lowest BCUT2D eigenvalue weighted by molar-refractivity contribution is -0.274. The molecule has 1 aliphatic heterocycles. The summed E-state index contributed by atoms with van der Waals surface area (Å²) in [5, 5.41) is 0. The van der Waals surface area contributed by atoms with Crippen molar-refractivity contribution in [2.24, 2.45) is 11.7 Å². The first-order chi connectivity index (χ1) is 14.5.